The summed E-state index contributed by atoms with van der Waals surface area (Å²) in [5.74, 6) is 0. The molecule has 0 aliphatic rings. The van der Waals surface area contributed by atoms with Crippen molar-refractivity contribution >= 4 is 11.6 Å². The van der Waals surface area contributed by atoms with Gasteiger partial charge in [0.15, 0.2) is 0 Å². The van der Waals surface area contributed by atoms with Gasteiger partial charge in [-0.1, -0.05) is 36.7 Å². The monoisotopic (exact) mass is 223 g/mol. The van der Waals surface area contributed by atoms with Gasteiger partial charge in [-0.2, -0.15) is 0 Å². The van der Waals surface area contributed by atoms with Crippen LogP contribution in [0.4, 0.5) is 0 Å². The highest BCUT2D eigenvalue weighted by molar-refractivity contribution is 6.31. The van der Waals surface area contributed by atoms with Gasteiger partial charge in [0, 0.05) is 11.1 Å². The van der Waals surface area contributed by atoms with Crippen LogP contribution in [0.2, 0.25) is 5.02 Å². The van der Waals surface area contributed by atoms with Crippen LogP contribution in [0.1, 0.15) is 30.5 Å². The van der Waals surface area contributed by atoms with Gasteiger partial charge in [-0.15, -0.1) is 6.58 Å². The third kappa shape index (κ3) is 3.37. The molecular formula is C13H18ClN. The van der Waals surface area contributed by atoms with Crippen molar-refractivity contribution in [3.63, 3.8) is 0 Å². The van der Waals surface area contributed by atoms with Crippen LogP contribution in [0.25, 0.3) is 0 Å². The summed E-state index contributed by atoms with van der Waals surface area (Å²) in [7, 11) is 0. The fourth-order valence-corrected chi connectivity index (χ4v) is 2.01. The smallest absolute Gasteiger partial charge is 0.0456 e. The van der Waals surface area contributed by atoms with Crippen molar-refractivity contribution in [3.05, 3.63) is 47.0 Å². The van der Waals surface area contributed by atoms with Crippen LogP contribution in [-0.2, 0) is 0 Å². The molecular weight excluding hydrogens is 206 g/mol. The predicted octanol–water partition coefficient (Wildman–Crippen LogP) is 3.88. The summed E-state index contributed by atoms with van der Waals surface area (Å²) in [5.41, 5.74) is 2.35. The molecule has 1 unspecified atom stereocenters. The lowest BCUT2D eigenvalue weighted by Crippen LogP contribution is -2.20. The third-order valence-corrected chi connectivity index (χ3v) is 2.71. The molecule has 0 aliphatic heterocycles. The molecule has 0 aliphatic carbocycles. The molecule has 0 bridgehead atoms. The summed E-state index contributed by atoms with van der Waals surface area (Å²) in [4.78, 5) is 0. The topological polar surface area (TPSA) is 12.0 Å². The van der Waals surface area contributed by atoms with Crippen molar-refractivity contribution in [2.45, 2.75) is 26.3 Å². The van der Waals surface area contributed by atoms with Crippen LogP contribution in [0, 0.1) is 6.92 Å². The highest BCUT2D eigenvalue weighted by atomic mass is 35.5. The molecule has 0 spiro atoms. The lowest BCUT2D eigenvalue weighted by atomic mass is 10.0. The fourth-order valence-electron chi connectivity index (χ4n) is 1.65. The number of aryl methyl sites for hydroxylation is 1. The van der Waals surface area contributed by atoms with E-state index in [-0.39, 0.29) is 6.04 Å². The van der Waals surface area contributed by atoms with E-state index in [0.717, 1.165) is 23.6 Å². The van der Waals surface area contributed by atoms with Gasteiger partial charge in [0.1, 0.15) is 0 Å². The Morgan fingerprint density at radius 3 is 2.80 bits per heavy atom. The van der Waals surface area contributed by atoms with E-state index in [1.54, 1.807) is 0 Å². The van der Waals surface area contributed by atoms with Gasteiger partial charge >= 0.3 is 0 Å². The second kappa shape index (κ2) is 5.94. The van der Waals surface area contributed by atoms with Crippen LogP contribution in [0.5, 0.6) is 0 Å². The molecule has 82 valence electrons. The Morgan fingerprint density at radius 1 is 1.53 bits per heavy atom. The van der Waals surface area contributed by atoms with E-state index in [1.807, 2.05) is 19.1 Å². The van der Waals surface area contributed by atoms with E-state index in [2.05, 4.69) is 31.0 Å². The zero-order valence-electron chi connectivity index (χ0n) is 9.39. The summed E-state index contributed by atoms with van der Waals surface area (Å²) in [6, 6.07) is 6.47. The largest absolute Gasteiger partial charge is 0.310 e. The molecule has 1 aromatic rings. The predicted molar refractivity (Wildman–Crippen MR) is 67.4 cm³/mol. The number of rotatable bonds is 5. The van der Waals surface area contributed by atoms with Gasteiger partial charge in [0.2, 0.25) is 0 Å². The van der Waals surface area contributed by atoms with Crippen LogP contribution in [0.3, 0.4) is 0 Å². The Labute approximate surface area is 97.1 Å². The van der Waals surface area contributed by atoms with Crippen molar-refractivity contribution in [2.24, 2.45) is 0 Å². The Kier molecular flexibility index (Phi) is 4.86. The lowest BCUT2D eigenvalue weighted by Gasteiger charge is -2.18. The summed E-state index contributed by atoms with van der Waals surface area (Å²) < 4.78 is 0. The second-order valence-corrected chi connectivity index (χ2v) is 4.07. The molecule has 0 amide bonds. The highest BCUT2D eigenvalue weighted by Gasteiger charge is 2.11. The quantitative estimate of drug-likeness (QED) is 0.748. The van der Waals surface area contributed by atoms with Crippen molar-refractivity contribution < 1.29 is 0 Å². The molecule has 1 rings (SSSR count). The molecule has 0 radical (unpaired) electrons. The minimum atomic E-state index is 0.278. The van der Waals surface area contributed by atoms with Gasteiger partial charge in [-0.05, 0) is 37.1 Å². The minimum absolute atomic E-state index is 0.278. The molecule has 0 saturated heterocycles. The van der Waals surface area contributed by atoms with Crippen molar-refractivity contribution in [1.29, 1.82) is 0 Å². The summed E-state index contributed by atoms with van der Waals surface area (Å²) >= 11 is 6.22. The summed E-state index contributed by atoms with van der Waals surface area (Å²) in [6.07, 6.45) is 2.82. The normalized spacial score (nSPS) is 12.5. The Balaban J connectivity index is 2.94. The summed E-state index contributed by atoms with van der Waals surface area (Å²) in [6.45, 7) is 8.85. The maximum Gasteiger partial charge on any atom is 0.0456 e. The maximum absolute atomic E-state index is 6.22. The zero-order valence-corrected chi connectivity index (χ0v) is 10.1. The third-order valence-electron chi connectivity index (χ3n) is 2.38. The van der Waals surface area contributed by atoms with E-state index in [4.69, 9.17) is 11.6 Å². The van der Waals surface area contributed by atoms with Gasteiger partial charge in [-0.25, -0.2) is 0 Å². The first-order chi connectivity index (χ1) is 7.19. The molecule has 2 heteroatoms. The van der Waals surface area contributed by atoms with Crippen molar-refractivity contribution in [3.8, 4) is 0 Å². The van der Waals surface area contributed by atoms with Gasteiger partial charge < -0.3 is 5.32 Å². The number of halogens is 1. The number of benzene rings is 1. The standard InChI is InChI=1S/C13H18ClN/c1-4-6-13(15-5-2)11-8-7-10(3)9-12(11)14/h4,7-9,13,15H,1,5-6H2,2-3H3. The molecule has 1 N–H and O–H groups in total. The van der Waals surface area contributed by atoms with Gasteiger partial charge in [-0.3, -0.25) is 0 Å². The highest BCUT2D eigenvalue weighted by Crippen LogP contribution is 2.26. The first-order valence-electron chi connectivity index (χ1n) is 5.29. The molecule has 15 heavy (non-hydrogen) atoms. The minimum Gasteiger partial charge on any atom is -0.310 e. The second-order valence-electron chi connectivity index (χ2n) is 3.66. The maximum atomic E-state index is 6.22. The van der Waals surface area contributed by atoms with Crippen LogP contribution in [0.15, 0.2) is 30.9 Å². The molecule has 0 fully saturated rings. The first kappa shape index (κ1) is 12.3. The Hall–Kier alpha value is -0.790. The van der Waals surface area contributed by atoms with Crippen LogP contribution < -0.4 is 5.32 Å². The van der Waals surface area contributed by atoms with Gasteiger partial charge in [0.05, 0.1) is 0 Å². The Bertz CT molecular complexity index is 333. The van der Waals surface area contributed by atoms with E-state index in [9.17, 15) is 0 Å². The molecule has 1 atom stereocenters. The van der Waals surface area contributed by atoms with Crippen molar-refractivity contribution in [2.75, 3.05) is 6.54 Å². The number of hydrogen-bond donors (Lipinski definition) is 1. The molecule has 0 aromatic heterocycles. The fraction of sp³-hybridized carbons (Fsp3) is 0.385. The van der Waals surface area contributed by atoms with Crippen LogP contribution in [-0.4, -0.2) is 6.54 Å². The number of nitrogens with one attached hydrogen (secondary N) is 1. The zero-order chi connectivity index (χ0) is 11.3. The lowest BCUT2D eigenvalue weighted by molar-refractivity contribution is 0.559. The number of hydrogen-bond acceptors (Lipinski definition) is 1. The SMILES string of the molecule is C=CCC(NCC)c1ccc(C)cc1Cl. The van der Waals surface area contributed by atoms with E-state index >= 15 is 0 Å². The van der Waals surface area contributed by atoms with Gasteiger partial charge in [0.25, 0.3) is 0 Å². The van der Waals surface area contributed by atoms with Crippen LogP contribution >= 0.6 is 11.6 Å². The summed E-state index contributed by atoms with van der Waals surface area (Å²) in [5, 5.41) is 4.24. The van der Waals surface area contributed by atoms with E-state index in [1.165, 1.54) is 5.56 Å². The Morgan fingerprint density at radius 2 is 2.27 bits per heavy atom. The van der Waals surface area contributed by atoms with E-state index in [0.29, 0.717) is 0 Å². The molecule has 0 heterocycles. The average Bonchev–Trinajstić information content (AvgIpc) is 2.17. The first-order valence-corrected chi connectivity index (χ1v) is 5.67. The van der Waals surface area contributed by atoms with Crippen molar-refractivity contribution in [1.82, 2.24) is 5.32 Å². The molecule has 1 aromatic carbocycles. The van der Waals surface area contributed by atoms with E-state index < -0.39 is 0 Å². The molecule has 1 nitrogen and oxygen atoms in total. The molecule has 0 saturated carbocycles. The average molecular weight is 224 g/mol.